The van der Waals surface area contributed by atoms with Gasteiger partial charge in [-0.3, -0.25) is 4.79 Å². The molecule has 1 N–H and O–H groups in total. The normalized spacial score (nSPS) is 15.1. The van der Waals surface area contributed by atoms with Crippen molar-refractivity contribution < 1.29 is 9.90 Å². The second kappa shape index (κ2) is 5.00. The summed E-state index contributed by atoms with van der Waals surface area (Å²) in [5, 5.41) is 8.73. The fraction of sp³-hybridized carbons (Fsp3) is 0.923. The number of carbonyl (C=O) groups is 1. The molecule has 2 nitrogen and oxygen atoms in total. The van der Waals surface area contributed by atoms with E-state index in [0.717, 1.165) is 12.8 Å². The van der Waals surface area contributed by atoms with Gasteiger partial charge in [-0.1, -0.05) is 41.5 Å². The molecular weight excluding hydrogens is 188 g/mol. The first-order valence-electron chi connectivity index (χ1n) is 5.74. The van der Waals surface area contributed by atoms with E-state index in [-0.39, 0.29) is 17.3 Å². The molecule has 0 aliphatic rings. The highest BCUT2D eigenvalue weighted by Crippen LogP contribution is 2.38. The maximum atomic E-state index is 10.6. The first-order chi connectivity index (χ1) is 6.52. The lowest BCUT2D eigenvalue weighted by molar-refractivity contribution is -0.137. The van der Waals surface area contributed by atoms with Gasteiger partial charge in [0, 0.05) is 6.42 Å². The van der Waals surface area contributed by atoms with Crippen molar-refractivity contribution in [3.63, 3.8) is 0 Å². The van der Waals surface area contributed by atoms with Crippen LogP contribution < -0.4 is 0 Å². The van der Waals surface area contributed by atoms with Crippen molar-refractivity contribution in [2.75, 3.05) is 0 Å². The average molecular weight is 214 g/mol. The molecule has 0 rings (SSSR count). The Hall–Kier alpha value is -0.530. The Morgan fingerprint density at radius 3 is 1.87 bits per heavy atom. The van der Waals surface area contributed by atoms with Crippen LogP contribution in [0.4, 0.5) is 0 Å². The summed E-state index contributed by atoms with van der Waals surface area (Å²) in [6, 6.07) is 0. The third-order valence-electron chi connectivity index (χ3n) is 2.79. The molecule has 0 bridgehead atoms. The number of hydrogen-bond acceptors (Lipinski definition) is 1. The van der Waals surface area contributed by atoms with Crippen LogP contribution in [0.15, 0.2) is 0 Å². The van der Waals surface area contributed by atoms with E-state index in [9.17, 15) is 4.79 Å². The highest BCUT2D eigenvalue weighted by atomic mass is 16.4. The maximum Gasteiger partial charge on any atom is 0.303 e. The van der Waals surface area contributed by atoms with Gasteiger partial charge in [-0.15, -0.1) is 0 Å². The van der Waals surface area contributed by atoms with Gasteiger partial charge in [-0.05, 0) is 29.6 Å². The van der Waals surface area contributed by atoms with Gasteiger partial charge in [0.05, 0.1) is 0 Å². The second-order valence-corrected chi connectivity index (χ2v) is 6.76. The van der Waals surface area contributed by atoms with Crippen LogP contribution in [0.2, 0.25) is 0 Å². The Kier molecular flexibility index (Phi) is 4.82. The molecule has 0 aliphatic heterocycles. The van der Waals surface area contributed by atoms with E-state index in [0.29, 0.717) is 5.92 Å². The van der Waals surface area contributed by atoms with Crippen molar-refractivity contribution in [3.05, 3.63) is 0 Å². The topological polar surface area (TPSA) is 37.3 Å². The van der Waals surface area contributed by atoms with Crippen LogP contribution in [0, 0.1) is 16.7 Å². The van der Waals surface area contributed by atoms with Crippen molar-refractivity contribution in [1.29, 1.82) is 0 Å². The molecule has 15 heavy (non-hydrogen) atoms. The summed E-state index contributed by atoms with van der Waals surface area (Å²) in [5.41, 5.74) is 0.471. The Labute approximate surface area is 94.1 Å². The van der Waals surface area contributed by atoms with Gasteiger partial charge in [-0.25, -0.2) is 0 Å². The van der Waals surface area contributed by atoms with Crippen molar-refractivity contribution in [3.8, 4) is 0 Å². The fourth-order valence-corrected chi connectivity index (χ4v) is 1.88. The first kappa shape index (κ1) is 14.5. The van der Waals surface area contributed by atoms with Gasteiger partial charge in [-0.2, -0.15) is 0 Å². The summed E-state index contributed by atoms with van der Waals surface area (Å²) < 4.78 is 0. The zero-order valence-electron chi connectivity index (χ0n) is 11.1. The van der Waals surface area contributed by atoms with Gasteiger partial charge in [0.1, 0.15) is 0 Å². The van der Waals surface area contributed by atoms with Crippen LogP contribution in [0.1, 0.15) is 60.8 Å². The van der Waals surface area contributed by atoms with Crippen LogP contribution >= 0.6 is 0 Å². The van der Waals surface area contributed by atoms with Gasteiger partial charge >= 0.3 is 5.97 Å². The smallest absolute Gasteiger partial charge is 0.303 e. The maximum absolute atomic E-state index is 10.6. The highest BCUT2D eigenvalue weighted by Gasteiger charge is 2.29. The Morgan fingerprint density at radius 1 is 1.13 bits per heavy atom. The summed E-state index contributed by atoms with van der Waals surface area (Å²) in [6.07, 6.45) is 2.16. The Balaban J connectivity index is 4.40. The number of rotatable bonds is 4. The standard InChI is InChI=1S/C13H26O2/c1-12(2,3)9-10(13(4,5)6)7-8-11(14)15/h10H,7-9H2,1-6H3,(H,14,15). The number of carboxylic acid groups (broad SMARTS) is 1. The zero-order chi connectivity index (χ0) is 12.3. The predicted octanol–water partition coefficient (Wildman–Crippen LogP) is 3.95. The predicted molar refractivity (Wildman–Crippen MR) is 63.9 cm³/mol. The van der Waals surface area contributed by atoms with Gasteiger partial charge in [0.15, 0.2) is 0 Å². The molecule has 1 atom stereocenters. The third kappa shape index (κ3) is 7.40. The molecular formula is C13H26O2. The molecule has 0 aromatic heterocycles. The van der Waals surface area contributed by atoms with Crippen molar-refractivity contribution in [1.82, 2.24) is 0 Å². The second-order valence-electron chi connectivity index (χ2n) is 6.76. The molecule has 0 radical (unpaired) electrons. The van der Waals surface area contributed by atoms with Crippen LogP contribution in [0.25, 0.3) is 0 Å². The lowest BCUT2D eigenvalue weighted by atomic mass is 9.70. The molecule has 0 aromatic carbocycles. The number of hydrogen-bond donors (Lipinski definition) is 1. The first-order valence-corrected chi connectivity index (χ1v) is 5.74. The van der Waals surface area contributed by atoms with Gasteiger partial charge < -0.3 is 5.11 Å². The van der Waals surface area contributed by atoms with E-state index in [1.807, 2.05) is 0 Å². The minimum absolute atomic E-state index is 0.197. The van der Waals surface area contributed by atoms with Gasteiger partial charge in [0.25, 0.3) is 0 Å². The number of carboxylic acids is 1. The molecule has 0 aromatic rings. The minimum Gasteiger partial charge on any atom is -0.481 e. The summed E-state index contributed by atoms with van der Waals surface area (Å²) in [7, 11) is 0. The zero-order valence-corrected chi connectivity index (χ0v) is 11.1. The van der Waals surface area contributed by atoms with Crippen molar-refractivity contribution in [2.45, 2.75) is 60.8 Å². The van der Waals surface area contributed by atoms with E-state index in [1.165, 1.54) is 0 Å². The molecule has 90 valence electrons. The Morgan fingerprint density at radius 2 is 1.60 bits per heavy atom. The quantitative estimate of drug-likeness (QED) is 0.769. The van der Waals surface area contributed by atoms with E-state index < -0.39 is 5.97 Å². The van der Waals surface area contributed by atoms with Crippen LogP contribution in [-0.2, 0) is 4.79 Å². The molecule has 0 heterocycles. The molecule has 1 unspecified atom stereocenters. The molecule has 0 aliphatic carbocycles. The third-order valence-corrected chi connectivity index (χ3v) is 2.79. The summed E-state index contributed by atoms with van der Waals surface area (Å²) in [5.74, 6) is -0.202. The molecule has 0 saturated heterocycles. The monoisotopic (exact) mass is 214 g/mol. The molecule has 0 spiro atoms. The summed E-state index contributed by atoms with van der Waals surface area (Å²) in [4.78, 5) is 10.6. The summed E-state index contributed by atoms with van der Waals surface area (Å²) in [6.45, 7) is 13.2. The SMILES string of the molecule is CC(C)(C)CC(CCC(=O)O)C(C)(C)C. The summed E-state index contributed by atoms with van der Waals surface area (Å²) >= 11 is 0. The average Bonchev–Trinajstić information content (AvgIpc) is 1.93. The van der Waals surface area contributed by atoms with E-state index in [2.05, 4.69) is 41.5 Å². The lowest BCUT2D eigenvalue weighted by Crippen LogP contribution is -2.26. The molecule has 2 heteroatoms. The molecule has 0 saturated carbocycles. The van der Waals surface area contributed by atoms with E-state index >= 15 is 0 Å². The van der Waals surface area contributed by atoms with Crippen molar-refractivity contribution in [2.24, 2.45) is 16.7 Å². The van der Waals surface area contributed by atoms with Crippen LogP contribution in [-0.4, -0.2) is 11.1 Å². The lowest BCUT2D eigenvalue weighted by Gasteiger charge is -2.35. The van der Waals surface area contributed by atoms with Gasteiger partial charge in [0.2, 0.25) is 0 Å². The molecule has 0 fully saturated rings. The van der Waals surface area contributed by atoms with E-state index in [4.69, 9.17) is 5.11 Å². The minimum atomic E-state index is -0.682. The number of aliphatic carboxylic acids is 1. The van der Waals surface area contributed by atoms with Crippen molar-refractivity contribution >= 4 is 5.97 Å². The molecule has 0 amide bonds. The fourth-order valence-electron chi connectivity index (χ4n) is 1.88. The van der Waals surface area contributed by atoms with Crippen LogP contribution in [0.5, 0.6) is 0 Å². The highest BCUT2D eigenvalue weighted by molar-refractivity contribution is 5.66. The van der Waals surface area contributed by atoms with Crippen LogP contribution in [0.3, 0.4) is 0 Å². The van der Waals surface area contributed by atoms with E-state index in [1.54, 1.807) is 0 Å². The Bertz CT molecular complexity index is 206. The largest absolute Gasteiger partial charge is 0.481 e.